The number of nitrogens with zero attached hydrogens (tertiary/aromatic N) is 2. The second-order valence-corrected chi connectivity index (χ2v) is 9.67. The summed E-state index contributed by atoms with van der Waals surface area (Å²) < 4.78 is 34.5. The van der Waals surface area contributed by atoms with E-state index < -0.39 is 21.8 Å². The van der Waals surface area contributed by atoms with Crippen LogP contribution < -0.4 is 5.32 Å². The maximum atomic E-state index is 13.2. The first kappa shape index (κ1) is 19.3. The number of hydrogen-bond donors (Lipinski definition) is 1. The van der Waals surface area contributed by atoms with E-state index in [0.29, 0.717) is 32.7 Å². The molecular formula is C18H27N3O4S. The summed E-state index contributed by atoms with van der Waals surface area (Å²) in [6.07, 6.45) is 0.377. The van der Waals surface area contributed by atoms with E-state index in [0.717, 1.165) is 11.1 Å². The number of carbonyl (C=O) groups is 1. The third-order valence-electron chi connectivity index (χ3n) is 4.60. The van der Waals surface area contributed by atoms with Gasteiger partial charge in [0.25, 0.3) is 10.2 Å². The van der Waals surface area contributed by atoms with Gasteiger partial charge >= 0.3 is 0 Å². The van der Waals surface area contributed by atoms with E-state index in [4.69, 9.17) is 4.74 Å². The summed E-state index contributed by atoms with van der Waals surface area (Å²) in [6, 6.07) is 6.95. The van der Waals surface area contributed by atoms with Crippen molar-refractivity contribution < 1.29 is 17.9 Å². The molecule has 0 spiro atoms. The molecule has 0 aromatic heterocycles. The molecule has 1 amide bonds. The van der Waals surface area contributed by atoms with Crippen molar-refractivity contribution in [3.63, 3.8) is 0 Å². The zero-order valence-electron chi connectivity index (χ0n) is 15.6. The lowest BCUT2D eigenvalue weighted by atomic mass is 9.95. The van der Waals surface area contributed by atoms with Crippen LogP contribution in [0.5, 0.6) is 0 Å². The largest absolute Gasteiger partial charge is 0.379 e. The third kappa shape index (κ3) is 4.09. The number of rotatable bonds is 3. The van der Waals surface area contributed by atoms with Crippen molar-refractivity contribution in [2.75, 3.05) is 26.3 Å². The molecule has 26 heavy (non-hydrogen) atoms. The van der Waals surface area contributed by atoms with E-state index in [9.17, 15) is 13.2 Å². The van der Waals surface area contributed by atoms with Crippen molar-refractivity contribution in [1.82, 2.24) is 13.9 Å². The smallest absolute Gasteiger partial charge is 0.283 e. The molecule has 0 bridgehead atoms. The van der Waals surface area contributed by atoms with Crippen LogP contribution in [-0.2, 0) is 32.7 Å². The number of amides is 1. The number of nitrogens with one attached hydrogen (secondary N) is 1. The third-order valence-corrected chi connectivity index (χ3v) is 6.59. The first-order valence-corrected chi connectivity index (χ1v) is 10.3. The zero-order valence-corrected chi connectivity index (χ0v) is 16.4. The van der Waals surface area contributed by atoms with E-state index in [-0.39, 0.29) is 12.5 Å². The second kappa shape index (κ2) is 7.26. The Morgan fingerprint density at radius 1 is 1.15 bits per heavy atom. The molecular weight excluding hydrogens is 354 g/mol. The van der Waals surface area contributed by atoms with Crippen LogP contribution in [0, 0.1) is 0 Å². The predicted octanol–water partition coefficient (Wildman–Crippen LogP) is 0.905. The Hall–Kier alpha value is -1.48. The van der Waals surface area contributed by atoms with Gasteiger partial charge in [-0.3, -0.25) is 4.79 Å². The summed E-state index contributed by atoms with van der Waals surface area (Å²) >= 11 is 0. The molecule has 0 radical (unpaired) electrons. The SMILES string of the molecule is CC(C)(C)NC(=O)[C@@H]1Cc2ccccc2CN1S(=O)(=O)N1CCOCC1. The van der Waals surface area contributed by atoms with E-state index in [1.54, 1.807) is 0 Å². The molecule has 0 unspecified atom stereocenters. The van der Waals surface area contributed by atoms with E-state index in [2.05, 4.69) is 5.32 Å². The summed E-state index contributed by atoms with van der Waals surface area (Å²) in [4.78, 5) is 12.9. The van der Waals surface area contributed by atoms with Crippen LogP contribution in [0.4, 0.5) is 0 Å². The van der Waals surface area contributed by atoms with Gasteiger partial charge in [0.05, 0.1) is 13.2 Å². The average molecular weight is 381 g/mol. The highest BCUT2D eigenvalue weighted by Crippen LogP contribution is 2.28. The fourth-order valence-electron chi connectivity index (χ4n) is 3.34. The quantitative estimate of drug-likeness (QED) is 0.844. The molecule has 1 aromatic carbocycles. The van der Waals surface area contributed by atoms with Crippen LogP contribution in [0.3, 0.4) is 0 Å². The van der Waals surface area contributed by atoms with Gasteiger partial charge in [-0.05, 0) is 38.3 Å². The Labute approximate surface area is 155 Å². The highest BCUT2D eigenvalue weighted by molar-refractivity contribution is 7.86. The second-order valence-electron chi connectivity index (χ2n) is 7.79. The van der Waals surface area contributed by atoms with Crippen molar-refractivity contribution in [1.29, 1.82) is 0 Å². The Bertz CT molecular complexity index is 767. The van der Waals surface area contributed by atoms with Gasteiger partial charge < -0.3 is 10.1 Å². The molecule has 2 heterocycles. The predicted molar refractivity (Wildman–Crippen MR) is 98.7 cm³/mol. The van der Waals surface area contributed by atoms with Gasteiger partial charge in [-0.1, -0.05) is 24.3 Å². The van der Waals surface area contributed by atoms with Crippen LogP contribution >= 0.6 is 0 Å². The van der Waals surface area contributed by atoms with Crippen molar-refractivity contribution in [3.8, 4) is 0 Å². The summed E-state index contributed by atoms with van der Waals surface area (Å²) in [6.45, 7) is 7.26. The van der Waals surface area contributed by atoms with Gasteiger partial charge in [-0.2, -0.15) is 17.0 Å². The van der Waals surface area contributed by atoms with E-state index in [1.165, 1.54) is 8.61 Å². The molecule has 2 aliphatic rings. The van der Waals surface area contributed by atoms with E-state index in [1.807, 2.05) is 45.0 Å². The number of carbonyl (C=O) groups excluding carboxylic acids is 1. The monoisotopic (exact) mass is 381 g/mol. The van der Waals surface area contributed by atoms with Gasteiger partial charge in [0.15, 0.2) is 0 Å². The maximum absolute atomic E-state index is 13.2. The van der Waals surface area contributed by atoms with Crippen LogP contribution in [0.15, 0.2) is 24.3 Å². The Morgan fingerprint density at radius 3 is 2.38 bits per heavy atom. The molecule has 8 heteroatoms. The number of ether oxygens (including phenoxy) is 1. The first-order chi connectivity index (χ1) is 12.2. The van der Waals surface area contributed by atoms with Gasteiger partial charge in [0.1, 0.15) is 6.04 Å². The summed E-state index contributed by atoms with van der Waals surface area (Å²) in [7, 11) is -3.75. The van der Waals surface area contributed by atoms with Crippen LogP contribution in [0.25, 0.3) is 0 Å². The maximum Gasteiger partial charge on any atom is 0.283 e. The molecule has 144 valence electrons. The van der Waals surface area contributed by atoms with Crippen molar-refractivity contribution in [3.05, 3.63) is 35.4 Å². The fourth-order valence-corrected chi connectivity index (χ4v) is 5.04. The van der Waals surface area contributed by atoms with Crippen molar-refractivity contribution in [2.24, 2.45) is 0 Å². The van der Waals surface area contributed by atoms with Gasteiger partial charge in [0, 0.05) is 25.2 Å². The molecule has 1 aromatic rings. The first-order valence-electron chi connectivity index (χ1n) is 8.92. The number of hydrogen-bond acceptors (Lipinski definition) is 4. The van der Waals surface area contributed by atoms with Crippen molar-refractivity contribution in [2.45, 2.75) is 45.3 Å². The number of fused-ring (bicyclic) bond motifs is 1. The molecule has 1 saturated heterocycles. The van der Waals surface area contributed by atoms with Crippen LogP contribution in [-0.4, -0.2) is 60.8 Å². The number of morpholine rings is 1. The van der Waals surface area contributed by atoms with Gasteiger partial charge in [-0.25, -0.2) is 0 Å². The van der Waals surface area contributed by atoms with E-state index >= 15 is 0 Å². The normalized spacial score (nSPS) is 22.7. The standard InChI is InChI=1S/C18H27N3O4S/c1-18(2,3)19-17(22)16-12-14-6-4-5-7-15(14)13-21(16)26(23,24)20-8-10-25-11-9-20/h4-7,16H,8-13H2,1-3H3,(H,19,22)/t16-/m0/s1. The molecule has 2 aliphatic heterocycles. The zero-order chi connectivity index (χ0) is 18.9. The molecule has 0 saturated carbocycles. The molecule has 1 atom stereocenters. The highest BCUT2D eigenvalue weighted by Gasteiger charge is 2.42. The van der Waals surface area contributed by atoms with Crippen molar-refractivity contribution >= 4 is 16.1 Å². The molecule has 1 fully saturated rings. The Kier molecular flexibility index (Phi) is 5.39. The Balaban J connectivity index is 1.94. The molecule has 1 N–H and O–H groups in total. The topological polar surface area (TPSA) is 79.0 Å². The fraction of sp³-hybridized carbons (Fsp3) is 0.611. The summed E-state index contributed by atoms with van der Waals surface area (Å²) in [5.74, 6) is -0.260. The lowest BCUT2D eigenvalue weighted by molar-refractivity contribution is -0.126. The van der Waals surface area contributed by atoms with Crippen LogP contribution in [0.2, 0.25) is 0 Å². The van der Waals surface area contributed by atoms with Gasteiger partial charge in [0.2, 0.25) is 5.91 Å². The minimum atomic E-state index is -3.75. The molecule has 0 aliphatic carbocycles. The van der Waals surface area contributed by atoms with Gasteiger partial charge in [-0.15, -0.1) is 0 Å². The minimum Gasteiger partial charge on any atom is -0.379 e. The summed E-state index contributed by atoms with van der Waals surface area (Å²) in [5.41, 5.74) is 1.54. The number of benzene rings is 1. The Morgan fingerprint density at radius 2 is 1.77 bits per heavy atom. The summed E-state index contributed by atoms with van der Waals surface area (Å²) in [5, 5.41) is 2.94. The molecule has 3 rings (SSSR count). The minimum absolute atomic E-state index is 0.206. The average Bonchev–Trinajstić information content (AvgIpc) is 2.60. The lowest BCUT2D eigenvalue weighted by Gasteiger charge is -2.39. The lowest BCUT2D eigenvalue weighted by Crippen LogP contribution is -2.59. The molecule has 7 nitrogen and oxygen atoms in total. The van der Waals surface area contributed by atoms with Crippen LogP contribution in [0.1, 0.15) is 31.9 Å². The highest BCUT2D eigenvalue weighted by atomic mass is 32.2.